The lowest BCUT2D eigenvalue weighted by atomic mass is 9.97. The van der Waals surface area contributed by atoms with E-state index in [0.29, 0.717) is 0 Å². The standard InChI is InChI=1S/C32H50O7/c1-3-5-7-9-11-13-15-25-17-19-29(27(21-25)31(35,36)23-33)39-30-20-18-26(16-14-12-10-8-6-4-2)22-28(30)32(37,38)24-34/h17-22,33-38H,3-16,23-24H2,1-2H3. The predicted molar refractivity (Wildman–Crippen MR) is 154 cm³/mol. The summed E-state index contributed by atoms with van der Waals surface area (Å²) in [6.45, 7) is 2.49. The number of ether oxygens (including phenoxy) is 1. The van der Waals surface area contributed by atoms with Crippen molar-refractivity contribution in [1.29, 1.82) is 0 Å². The molecule has 2 aromatic carbocycles. The maximum Gasteiger partial charge on any atom is 0.217 e. The molecular formula is C32H50O7. The van der Waals surface area contributed by atoms with Gasteiger partial charge in [0.1, 0.15) is 24.7 Å². The van der Waals surface area contributed by atoms with Crippen molar-refractivity contribution < 1.29 is 35.4 Å². The van der Waals surface area contributed by atoms with Crippen LogP contribution in [-0.4, -0.2) is 43.9 Å². The molecule has 0 unspecified atom stereocenters. The van der Waals surface area contributed by atoms with E-state index < -0.39 is 24.8 Å². The van der Waals surface area contributed by atoms with E-state index >= 15 is 0 Å². The monoisotopic (exact) mass is 546 g/mol. The van der Waals surface area contributed by atoms with Gasteiger partial charge in [-0.15, -0.1) is 0 Å². The number of aryl methyl sites for hydroxylation is 2. The van der Waals surface area contributed by atoms with Crippen molar-refractivity contribution in [1.82, 2.24) is 0 Å². The lowest BCUT2D eigenvalue weighted by Crippen LogP contribution is -2.31. The molecule has 2 aromatic rings. The largest absolute Gasteiger partial charge is 0.456 e. The van der Waals surface area contributed by atoms with Gasteiger partial charge in [-0.05, 0) is 61.1 Å². The van der Waals surface area contributed by atoms with E-state index in [4.69, 9.17) is 4.74 Å². The third kappa shape index (κ3) is 10.8. The minimum Gasteiger partial charge on any atom is -0.456 e. The van der Waals surface area contributed by atoms with Crippen molar-refractivity contribution in [2.75, 3.05) is 13.2 Å². The summed E-state index contributed by atoms with van der Waals surface area (Å²) in [5.74, 6) is -4.95. The van der Waals surface area contributed by atoms with Crippen LogP contribution in [0, 0.1) is 0 Å². The zero-order valence-corrected chi connectivity index (χ0v) is 23.9. The first-order chi connectivity index (χ1) is 18.7. The Hall–Kier alpha value is -2.00. The van der Waals surface area contributed by atoms with Gasteiger partial charge >= 0.3 is 0 Å². The van der Waals surface area contributed by atoms with Crippen LogP contribution in [0.3, 0.4) is 0 Å². The second kappa shape index (κ2) is 17.0. The molecule has 6 N–H and O–H groups in total. The number of benzene rings is 2. The van der Waals surface area contributed by atoms with E-state index in [9.17, 15) is 30.6 Å². The lowest BCUT2D eigenvalue weighted by molar-refractivity contribution is -0.196. The third-order valence-corrected chi connectivity index (χ3v) is 7.25. The van der Waals surface area contributed by atoms with E-state index in [1.54, 1.807) is 24.3 Å². The molecular weight excluding hydrogens is 496 g/mol. The van der Waals surface area contributed by atoms with Gasteiger partial charge in [0.05, 0.1) is 11.1 Å². The fraction of sp³-hybridized carbons (Fsp3) is 0.625. The van der Waals surface area contributed by atoms with Crippen LogP contribution in [0.4, 0.5) is 0 Å². The highest BCUT2D eigenvalue weighted by atomic mass is 16.5. The summed E-state index contributed by atoms with van der Waals surface area (Å²) < 4.78 is 6.00. The molecule has 7 heteroatoms. The SMILES string of the molecule is CCCCCCCCc1ccc(Oc2ccc(CCCCCCCC)cc2C(O)(O)CO)c(C(O)(O)CO)c1. The van der Waals surface area contributed by atoms with E-state index in [1.807, 2.05) is 12.1 Å². The van der Waals surface area contributed by atoms with Crippen LogP contribution in [0.2, 0.25) is 0 Å². The molecule has 7 nitrogen and oxygen atoms in total. The van der Waals surface area contributed by atoms with Crippen LogP contribution in [0.25, 0.3) is 0 Å². The zero-order valence-electron chi connectivity index (χ0n) is 23.9. The van der Waals surface area contributed by atoms with Gasteiger partial charge in [0.15, 0.2) is 0 Å². The van der Waals surface area contributed by atoms with E-state index in [1.165, 1.54) is 38.5 Å². The average Bonchev–Trinajstić information content (AvgIpc) is 2.93. The first-order valence-electron chi connectivity index (χ1n) is 14.7. The molecule has 220 valence electrons. The summed E-state index contributed by atoms with van der Waals surface area (Å²) in [5, 5.41) is 61.4. The number of unbranched alkanes of at least 4 members (excludes halogenated alkanes) is 10. The molecule has 0 aromatic heterocycles. The first kappa shape index (κ1) is 33.2. The van der Waals surface area contributed by atoms with Gasteiger partial charge < -0.3 is 35.4 Å². The van der Waals surface area contributed by atoms with Crippen LogP contribution in [0.1, 0.15) is 113 Å². The van der Waals surface area contributed by atoms with Crippen molar-refractivity contribution in [3.05, 3.63) is 58.7 Å². The average molecular weight is 547 g/mol. The number of rotatable bonds is 20. The zero-order chi connectivity index (χ0) is 28.7. The minimum absolute atomic E-state index is 0.0129. The fourth-order valence-corrected chi connectivity index (χ4v) is 4.78. The van der Waals surface area contributed by atoms with Crippen LogP contribution < -0.4 is 4.74 Å². The van der Waals surface area contributed by atoms with E-state index in [2.05, 4.69) is 13.8 Å². The summed E-state index contributed by atoms with van der Waals surface area (Å²) in [4.78, 5) is 0. The molecule has 0 bridgehead atoms. The molecule has 0 aliphatic heterocycles. The highest BCUT2D eigenvalue weighted by molar-refractivity contribution is 5.47. The fourth-order valence-electron chi connectivity index (χ4n) is 4.78. The van der Waals surface area contributed by atoms with Crippen LogP contribution >= 0.6 is 0 Å². The van der Waals surface area contributed by atoms with Gasteiger partial charge in [-0.2, -0.15) is 0 Å². The number of hydrogen-bond acceptors (Lipinski definition) is 7. The Kier molecular flexibility index (Phi) is 14.4. The van der Waals surface area contributed by atoms with E-state index in [-0.39, 0.29) is 22.6 Å². The molecule has 0 fully saturated rings. The Bertz CT molecular complexity index is 893. The third-order valence-electron chi connectivity index (χ3n) is 7.25. The molecule has 39 heavy (non-hydrogen) atoms. The topological polar surface area (TPSA) is 131 Å². The number of aliphatic hydroxyl groups is 6. The molecule has 0 radical (unpaired) electrons. The van der Waals surface area contributed by atoms with Crippen molar-refractivity contribution in [2.45, 2.75) is 115 Å². The lowest BCUT2D eigenvalue weighted by Gasteiger charge is -2.26. The molecule has 0 spiro atoms. The van der Waals surface area contributed by atoms with Gasteiger partial charge in [-0.3, -0.25) is 0 Å². The van der Waals surface area contributed by atoms with Gasteiger partial charge in [0, 0.05) is 0 Å². The maximum absolute atomic E-state index is 10.5. The quantitative estimate of drug-likeness (QED) is 0.0949. The van der Waals surface area contributed by atoms with Crippen molar-refractivity contribution in [3.8, 4) is 11.5 Å². The van der Waals surface area contributed by atoms with Gasteiger partial charge in [-0.25, -0.2) is 0 Å². The normalized spacial score (nSPS) is 12.2. The van der Waals surface area contributed by atoms with Gasteiger partial charge in [-0.1, -0.05) is 90.2 Å². The second-order valence-corrected chi connectivity index (χ2v) is 10.7. The molecule has 0 saturated carbocycles. The van der Waals surface area contributed by atoms with E-state index in [0.717, 1.165) is 62.5 Å². The summed E-state index contributed by atoms with van der Waals surface area (Å²) in [6.07, 6.45) is 15.2. The molecule has 0 amide bonds. The Morgan fingerprint density at radius 1 is 0.538 bits per heavy atom. The highest BCUT2D eigenvalue weighted by Crippen LogP contribution is 2.37. The number of hydrogen-bond donors (Lipinski definition) is 6. The van der Waals surface area contributed by atoms with Crippen molar-refractivity contribution in [3.63, 3.8) is 0 Å². The molecule has 0 atom stereocenters. The van der Waals surface area contributed by atoms with Crippen molar-refractivity contribution >= 4 is 0 Å². The summed E-state index contributed by atoms with van der Waals surface area (Å²) in [6, 6.07) is 10.1. The first-order valence-corrected chi connectivity index (χ1v) is 14.7. The Balaban J connectivity index is 2.25. The van der Waals surface area contributed by atoms with Gasteiger partial charge in [0.25, 0.3) is 0 Å². The summed E-state index contributed by atoms with van der Waals surface area (Å²) in [5.41, 5.74) is 1.75. The smallest absolute Gasteiger partial charge is 0.217 e. The molecule has 0 saturated heterocycles. The van der Waals surface area contributed by atoms with Crippen molar-refractivity contribution in [2.24, 2.45) is 0 Å². The van der Waals surface area contributed by atoms with Crippen LogP contribution in [-0.2, 0) is 24.4 Å². The van der Waals surface area contributed by atoms with Gasteiger partial charge in [0.2, 0.25) is 11.6 Å². The summed E-state index contributed by atoms with van der Waals surface area (Å²) >= 11 is 0. The molecule has 0 aliphatic carbocycles. The molecule has 2 rings (SSSR count). The Labute approximate surface area is 234 Å². The Morgan fingerprint density at radius 3 is 1.26 bits per heavy atom. The molecule has 0 aliphatic rings. The summed E-state index contributed by atoms with van der Waals surface area (Å²) in [7, 11) is 0. The minimum atomic E-state index is -2.54. The number of aliphatic hydroxyl groups excluding tert-OH is 2. The van der Waals surface area contributed by atoms with Crippen LogP contribution in [0.15, 0.2) is 36.4 Å². The maximum atomic E-state index is 10.5. The Morgan fingerprint density at radius 2 is 0.897 bits per heavy atom. The predicted octanol–water partition coefficient (Wildman–Crippen LogP) is 5.54. The second-order valence-electron chi connectivity index (χ2n) is 10.7. The molecule has 0 heterocycles. The highest BCUT2D eigenvalue weighted by Gasteiger charge is 2.32. The van der Waals surface area contributed by atoms with Crippen LogP contribution in [0.5, 0.6) is 11.5 Å².